The van der Waals surface area contributed by atoms with E-state index >= 15 is 0 Å². The molecule has 0 unspecified atom stereocenters. The zero-order valence-electron chi connectivity index (χ0n) is 14.0. The number of halogens is 1. The number of nitrogens with one attached hydrogen (secondary N) is 1. The van der Waals surface area contributed by atoms with Crippen LogP contribution < -0.4 is 11.1 Å². The Kier molecular flexibility index (Phi) is 6.02. The van der Waals surface area contributed by atoms with Gasteiger partial charge >= 0.3 is 0 Å². The lowest BCUT2D eigenvalue weighted by molar-refractivity contribution is -0.120. The van der Waals surface area contributed by atoms with Gasteiger partial charge in [0.25, 0.3) is 0 Å². The summed E-state index contributed by atoms with van der Waals surface area (Å²) in [5, 5.41) is 3.03. The van der Waals surface area contributed by atoms with Crippen LogP contribution in [0.15, 0.2) is 28.9 Å². The third kappa shape index (κ3) is 3.79. The number of aryl methyl sites for hydroxylation is 2. The maximum absolute atomic E-state index is 12.5. The molecule has 0 radical (unpaired) electrons. The van der Waals surface area contributed by atoms with Gasteiger partial charge in [-0.25, -0.2) is 4.98 Å². The van der Waals surface area contributed by atoms with Gasteiger partial charge in [-0.3, -0.25) is 4.79 Å². The number of anilines is 1. The number of aromatic nitrogens is 1. The van der Waals surface area contributed by atoms with Gasteiger partial charge < -0.3 is 15.5 Å². The van der Waals surface area contributed by atoms with Crippen LogP contribution in [-0.4, -0.2) is 17.4 Å². The summed E-state index contributed by atoms with van der Waals surface area (Å²) in [5.74, 6) is 0.969. The number of oxazole rings is 1. The molecule has 2 atom stereocenters. The Morgan fingerprint density at radius 1 is 1.38 bits per heavy atom. The van der Waals surface area contributed by atoms with E-state index < -0.39 is 0 Å². The highest BCUT2D eigenvalue weighted by Gasteiger charge is 2.31. The molecule has 24 heavy (non-hydrogen) atoms. The molecule has 1 aromatic carbocycles. The van der Waals surface area contributed by atoms with Gasteiger partial charge in [-0.05, 0) is 56.8 Å². The molecule has 5 nitrogen and oxygen atoms in total. The average Bonchev–Trinajstić information content (AvgIpc) is 3.17. The predicted molar refractivity (Wildman–Crippen MR) is 97.2 cm³/mol. The van der Waals surface area contributed by atoms with Crippen molar-refractivity contribution in [1.82, 2.24) is 4.98 Å². The van der Waals surface area contributed by atoms with Gasteiger partial charge in [0.2, 0.25) is 11.8 Å². The molecule has 1 aliphatic carbocycles. The van der Waals surface area contributed by atoms with E-state index in [2.05, 4.69) is 10.3 Å². The van der Waals surface area contributed by atoms with Gasteiger partial charge in [-0.15, -0.1) is 12.4 Å². The van der Waals surface area contributed by atoms with Crippen molar-refractivity contribution in [3.05, 3.63) is 35.7 Å². The second kappa shape index (κ2) is 7.81. The molecule has 0 spiro atoms. The summed E-state index contributed by atoms with van der Waals surface area (Å²) >= 11 is 0. The molecule has 1 heterocycles. The summed E-state index contributed by atoms with van der Waals surface area (Å²) in [7, 11) is 0. The predicted octanol–water partition coefficient (Wildman–Crippen LogP) is 3.69. The molecule has 1 fully saturated rings. The smallest absolute Gasteiger partial charge is 0.227 e. The van der Waals surface area contributed by atoms with Gasteiger partial charge in [-0.2, -0.15) is 0 Å². The molecule has 3 N–H and O–H groups in total. The quantitative estimate of drug-likeness (QED) is 0.881. The largest absolute Gasteiger partial charge is 0.444 e. The molecular weight excluding hydrogens is 326 g/mol. The first-order valence-corrected chi connectivity index (χ1v) is 8.12. The van der Waals surface area contributed by atoms with Crippen molar-refractivity contribution in [3.63, 3.8) is 0 Å². The number of carbonyl (C=O) groups excluding carboxylic acids is 1. The molecule has 2 aromatic rings. The number of nitrogens with zero attached hydrogens (tertiary/aromatic N) is 1. The van der Waals surface area contributed by atoms with E-state index in [9.17, 15) is 4.79 Å². The molecule has 1 aliphatic rings. The summed E-state index contributed by atoms with van der Waals surface area (Å²) in [4.78, 5) is 16.9. The van der Waals surface area contributed by atoms with Crippen LogP contribution in [0.4, 0.5) is 5.69 Å². The number of carbonyl (C=O) groups is 1. The van der Waals surface area contributed by atoms with E-state index in [0.29, 0.717) is 18.4 Å². The standard InChI is InChI=1S/C18H23N3O2.ClH/c1-11-6-7-14(8-16(11)18-20-12(2)10-23-18)21-17(22)15-5-3-4-13(15)9-19;/h6-8,10,13,15H,3-5,9,19H2,1-2H3,(H,21,22);1H/t13-,15-;/m1./s1. The molecule has 0 bridgehead atoms. The van der Waals surface area contributed by atoms with Crippen molar-refractivity contribution in [2.45, 2.75) is 33.1 Å². The van der Waals surface area contributed by atoms with Gasteiger partial charge in [0, 0.05) is 17.2 Å². The highest BCUT2D eigenvalue weighted by molar-refractivity contribution is 5.93. The van der Waals surface area contributed by atoms with E-state index in [4.69, 9.17) is 10.2 Å². The molecule has 1 aromatic heterocycles. The minimum absolute atomic E-state index is 0. The van der Waals surface area contributed by atoms with Gasteiger partial charge in [0.1, 0.15) is 6.26 Å². The fourth-order valence-corrected chi connectivity index (χ4v) is 3.31. The van der Waals surface area contributed by atoms with E-state index in [1.807, 2.05) is 32.0 Å². The zero-order chi connectivity index (χ0) is 16.4. The highest BCUT2D eigenvalue weighted by Crippen LogP contribution is 2.32. The molecule has 1 saturated carbocycles. The Morgan fingerprint density at radius 3 is 2.83 bits per heavy atom. The highest BCUT2D eigenvalue weighted by atomic mass is 35.5. The first kappa shape index (κ1) is 18.5. The van der Waals surface area contributed by atoms with Crippen LogP contribution >= 0.6 is 12.4 Å². The van der Waals surface area contributed by atoms with Crippen LogP contribution in [0, 0.1) is 25.7 Å². The summed E-state index contributed by atoms with van der Waals surface area (Å²) in [6.45, 7) is 4.47. The third-order valence-corrected chi connectivity index (χ3v) is 4.65. The van der Waals surface area contributed by atoms with Crippen molar-refractivity contribution in [1.29, 1.82) is 0 Å². The lowest BCUT2D eigenvalue weighted by Crippen LogP contribution is -2.29. The van der Waals surface area contributed by atoms with Crippen LogP contribution in [0.5, 0.6) is 0 Å². The Morgan fingerprint density at radius 2 is 2.17 bits per heavy atom. The Bertz CT molecular complexity index is 714. The first-order chi connectivity index (χ1) is 11.1. The normalized spacial score (nSPS) is 19.8. The lowest BCUT2D eigenvalue weighted by Gasteiger charge is -2.17. The monoisotopic (exact) mass is 349 g/mol. The second-order valence-electron chi connectivity index (χ2n) is 6.35. The van der Waals surface area contributed by atoms with E-state index in [-0.39, 0.29) is 24.2 Å². The average molecular weight is 350 g/mol. The number of amides is 1. The molecular formula is C18H24ClN3O2. The van der Waals surface area contributed by atoms with E-state index in [1.165, 1.54) is 0 Å². The number of benzene rings is 1. The minimum Gasteiger partial charge on any atom is -0.444 e. The minimum atomic E-state index is 0. The van der Waals surface area contributed by atoms with Crippen molar-refractivity contribution >= 4 is 24.0 Å². The van der Waals surface area contributed by atoms with Gasteiger partial charge in [-0.1, -0.05) is 12.5 Å². The molecule has 0 saturated heterocycles. The Balaban J connectivity index is 0.00000208. The van der Waals surface area contributed by atoms with Crippen LogP contribution in [0.25, 0.3) is 11.5 Å². The Hall–Kier alpha value is -1.85. The van der Waals surface area contributed by atoms with E-state index in [0.717, 1.165) is 41.8 Å². The summed E-state index contributed by atoms with van der Waals surface area (Å²) in [6, 6.07) is 5.81. The van der Waals surface area contributed by atoms with Crippen LogP contribution in [-0.2, 0) is 4.79 Å². The fraction of sp³-hybridized carbons (Fsp3) is 0.444. The molecule has 1 amide bonds. The summed E-state index contributed by atoms with van der Waals surface area (Å²) < 4.78 is 5.49. The van der Waals surface area contributed by atoms with Crippen LogP contribution in [0.3, 0.4) is 0 Å². The van der Waals surface area contributed by atoms with Gasteiger partial charge in [0.05, 0.1) is 5.69 Å². The van der Waals surface area contributed by atoms with Gasteiger partial charge in [0.15, 0.2) is 0 Å². The van der Waals surface area contributed by atoms with Crippen molar-refractivity contribution in [2.24, 2.45) is 17.6 Å². The van der Waals surface area contributed by atoms with Crippen molar-refractivity contribution in [3.8, 4) is 11.5 Å². The maximum Gasteiger partial charge on any atom is 0.227 e. The number of rotatable bonds is 4. The lowest BCUT2D eigenvalue weighted by atomic mass is 9.95. The third-order valence-electron chi connectivity index (χ3n) is 4.65. The Labute approximate surface area is 148 Å². The molecule has 6 heteroatoms. The number of hydrogen-bond acceptors (Lipinski definition) is 4. The topological polar surface area (TPSA) is 81.2 Å². The summed E-state index contributed by atoms with van der Waals surface area (Å²) in [5.41, 5.74) is 9.35. The number of hydrogen-bond donors (Lipinski definition) is 2. The fourth-order valence-electron chi connectivity index (χ4n) is 3.31. The summed E-state index contributed by atoms with van der Waals surface area (Å²) in [6.07, 6.45) is 4.67. The maximum atomic E-state index is 12.5. The molecule has 130 valence electrons. The van der Waals surface area contributed by atoms with Crippen LogP contribution in [0.2, 0.25) is 0 Å². The first-order valence-electron chi connectivity index (χ1n) is 8.12. The van der Waals surface area contributed by atoms with Crippen LogP contribution in [0.1, 0.15) is 30.5 Å². The second-order valence-corrected chi connectivity index (χ2v) is 6.35. The molecule has 0 aliphatic heterocycles. The zero-order valence-corrected chi connectivity index (χ0v) is 14.9. The van der Waals surface area contributed by atoms with E-state index in [1.54, 1.807) is 6.26 Å². The number of nitrogens with two attached hydrogens (primary N) is 1. The van der Waals surface area contributed by atoms with Crippen molar-refractivity contribution in [2.75, 3.05) is 11.9 Å². The molecule has 3 rings (SSSR count). The van der Waals surface area contributed by atoms with Crippen molar-refractivity contribution < 1.29 is 9.21 Å². The SMILES string of the molecule is Cc1coc(-c2cc(NC(=O)[C@@H]3CCC[C@@H]3CN)ccc2C)n1.Cl.